The number of benzene rings is 1. The molecule has 1 amide bonds. The molecule has 1 atom stereocenters. The third-order valence-corrected chi connectivity index (χ3v) is 4.43. The first-order valence-electron chi connectivity index (χ1n) is 7.52. The zero-order valence-corrected chi connectivity index (χ0v) is 13.3. The number of carbonyl (C=O) groups excluding carboxylic acids is 1. The monoisotopic (exact) mass is 321 g/mol. The van der Waals surface area contributed by atoms with Gasteiger partial charge < -0.3 is 15.0 Å². The summed E-state index contributed by atoms with van der Waals surface area (Å²) in [6.45, 7) is 5.27. The third-order valence-electron chi connectivity index (χ3n) is 4.04. The number of aliphatic hydroxyl groups excluding tert-OH is 1. The zero-order valence-electron chi connectivity index (χ0n) is 12.6. The van der Waals surface area contributed by atoms with Crippen molar-refractivity contribution in [3.63, 3.8) is 0 Å². The van der Waals surface area contributed by atoms with Crippen molar-refractivity contribution in [1.82, 2.24) is 14.8 Å². The Hall–Kier alpha value is -1.56. The topological polar surface area (TPSA) is 59.6 Å². The molecule has 1 aliphatic rings. The molecule has 1 fully saturated rings. The number of carbonyl (C=O) groups is 1. The molecule has 1 aromatic heterocycles. The number of rotatable bonds is 3. The molecule has 2 N–H and O–H groups in total. The van der Waals surface area contributed by atoms with Gasteiger partial charge in [0.25, 0.3) is 5.91 Å². The molecular weight excluding hydrogens is 302 g/mol. The number of nitrogens with one attached hydrogen (secondary N) is 1. The van der Waals surface area contributed by atoms with Crippen LogP contribution < -0.4 is 0 Å². The van der Waals surface area contributed by atoms with E-state index in [1.54, 1.807) is 6.92 Å². The van der Waals surface area contributed by atoms with E-state index in [-0.39, 0.29) is 12.0 Å². The van der Waals surface area contributed by atoms with Gasteiger partial charge in [-0.1, -0.05) is 29.8 Å². The number of aromatic nitrogens is 1. The van der Waals surface area contributed by atoms with Gasteiger partial charge in [0.2, 0.25) is 0 Å². The highest BCUT2D eigenvalue weighted by Crippen LogP contribution is 2.28. The number of hydrogen-bond donors (Lipinski definition) is 2. The standard InChI is InChI=1S/C16H20ClN3O2/c1-11(21)10-19-6-8-20(9-7-19)16(22)15-14(17)12-4-2-3-5-13(12)18-15/h2-5,11,18,21H,6-10H2,1H3/t11-/m1/s1. The Labute approximate surface area is 134 Å². The van der Waals surface area contributed by atoms with Crippen molar-refractivity contribution in [2.24, 2.45) is 0 Å². The normalized spacial score (nSPS) is 17.9. The Morgan fingerprint density at radius 2 is 2.00 bits per heavy atom. The quantitative estimate of drug-likeness (QED) is 0.908. The second kappa shape index (κ2) is 6.28. The van der Waals surface area contributed by atoms with Gasteiger partial charge in [-0.15, -0.1) is 0 Å². The van der Waals surface area contributed by atoms with E-state index < -0.39 is 0 Å². The van der Waals surface area contributed by atoms with Crippen molar-refractivity contribution in [2.45, 2.75) is 13.0 Å². The van der Waals surface area contributed by atoms with Crippen molar-refractivity contribution >= 4 is 28.4 Å². The highest BCUT2D eigenvalue weighted by Gasteiger charge is 2.25. The molecule has 6 heteroatoms. The van der Waals surface area contributed by atoms with Gasteiger partial charge in [-0.3, -0.25) is 9.69 Å². The SMILES string of the molecule is C[C@@H](O)CN1CCN(C(=O)c2[nH]c3ccccc3c2Cl)CC1. The minimum atomic E-state index is -0.342. The molecule has 1 saturated heterocycles. The lowest BCUT2D eigenvalue weighted by Gasteiger charge is -2.35. The number of hydrogen-bond acceptors (Lipinski definition) is 3. The van der Waals surface area contributed by atoms with E-state index in [0.717, 1.165) is 24.0 Å². The van der Waals surface area contributed by atoms with Gasteiger partial charge >= 0.3 is 0 Å². The Kier molecular flexibility index (Phi) is 4.38. The maximum absolute atomic E-state index is 12.7. The summed E-state index contributed by atoms with van der Waals surface area (Å²) in [5.41, 5.74) is 1.34. The van der Waals surface area contributed by atoms with Crippen LogP contribution in [0.5, 0.6) is 0 Å². The van der Waals surface area contributed by atoms with E-state index in [1.807, 2.05) is 29.2 Å². The summed E-state index contributed by atoms with van der Waals surface area (Å²) >= 11 is 6.35. The van der Waals surface area contributed by atoms with E-state index in [0.29, 0.717) is 30.4 Å². The summed E-state index contributed by atoms with van der Waals surface area (Å²) in [7, 11) is 0. The number of amides is 1. The van der Waals surface area contributed by atoms with Crippen LogP contribution in [0.15, 0.2) is 24.3 Å². The lowest BCUT2D eigenvalue weighted by molar-refractivity contribution is 0.0550. The van der Waals surface area contributed by atoms with Gasteiger partial charge in [-0.2, -0.15) is 0 Å². The molecule has 0 radical (unpaired) electrons. The lowest BCUT2D eigenvalue weighted by Crippen LogP contribution is -2.50. The summed E-state index contributed by atoms with van der Waals surface area (Å²) < 4.78 is 0. The molecule has 1 aromatic carbocycles. The van der Waals surface area contributed by atoms with Crippen molar-refractivity contribution in [3.05, 3.63) is 35.0 Å². The van der Waals surface area contributed by atoms with E-state index in [9.17, 15) is 9.90 Å². The van der Waals surface area contributed by atoms with Gasteiger partial charge in [0.05, 0.1) is 11.1 Å². The van der Waals surface area contributed by atoms with Crippen molar-refractivity contribution < 1.29 is 9.90 Å². The van der Waals surface area contributed by atoms with Crippen LogP contribution >= 0.6 is 11.6 Å². The number of aliphatic hydroxyl groups is 1. The number of piperazine rings is 1. The van der Waals surface area contributed by atoms with Crippen LogP contribution in [-0.2, 0) is 0 Å². The van der Waals surface area contributed by atoms with Gasteiger partial charge in [-0.25, -0.2) is 0 Å². The van der Waals surface area contributed by atoms with E-state index in [1.165, 1.54) is 0 Å². The van der Waals surface area contributed by atoms with Crippen molar-refractivity contribution in [2.75, 3.05) is 32.7 Å². The summed E-state index contributed by atoms with van der Waals surface area (Å²) in [6, 6.07) is 7.65. The van der Waals surface area contributed by atoms with Gasteiger partial charge in [0.1, 0.15) is 5.69 Å². The average molecular weight is 322 g/mol. The number of nitrogens with zero attached hydrogens (tertiary/aromatic N) is 2. The second-order valence-electron chi connectivity index (χ2n) is 5.80. The number of aromatic amines is 1. The van der Waals surface area contributed by atoms with Crippen LogP contribution in [0.1, 0.15) is 17.4 Å². The minimum absolute atomic E-state index is 0.0575. The largest absolute Gasteiger partial charge is 0.392 e. The Morgan fingerprint density at radius 1 is 1.32 bits per heavy atom. The molecule has 5 nitrogen and oxygen atoms in total. The summed E-state index contributed by atoms with van der Waals surface area (Å²) in [5.74, 6) is -0.0575. The van der Waals surface area contributed by atoms with Gasteiger partial charge in [0.15, 0.2) is 0 Å². The van der Waals surface area contributed by atoms with Gasteiger partial charge in [-0.05, 0) is 13.0 Å². The Balaban J connectivity index is 1.73. The number of fused-ring (bicyclic) bond motifs is 1. The van der Waals surface area contributed by atoms with Crippen LogP contribution in [0.3, 0.4) is 0 Å². The maximum atomic E-state index is 12.7. The third kappa shape index (κ3) is 2.97. The van der Waals surface area contributed by atoms with Gasteiger partial charge in [0, 0.05) is 43.6 Å². The highest BCUT2D eigenvalue weighted by molar-refractivity contribution is 6.38. The molecule has 0 aliphatic carbocycles. The first-order chi connectivity index (χ1) is 10.6. The molecule has 118 valence electrons. The predicted octanol–water partition coefficient (Wildman–Crippen LogP) is 1.96. The molecule has 0 unspecified atom stereocenters. The van der Waals surface area contributed by atoms with E-state index in [2.05, 4.69) is 9.88 Å². The molecule has 0 spiro atoms. The molecule has 2 heterocycles. The second-order valence-corrected chi connectivity index (χ2v) is 6.18. The fraction of sp³-hybridized carbons (Fsp3) is 0.438. The molecule has 0 bridgehead atoms. The number of para-hydroxylation sites is 1. The van der Waals surface area contributed by atoms with Crippen molar-refractivity contribution in [1.29, 1.82) is 0 Å². The smallest absolute Gasteiger partial charge is 0.271 e. The van der Waals surface area contributed by atoms with E-state index >= 15 is 0 Å². The fourth-order valence-corrected chi connectivity index (χ4v) is 3.21. The summed E-state index contributed by atoms with van der Waals surface area (Å²) in [6.07, 6.45) is -0.342. The van der Waals surface area contributed by atoms with Crippen LogP contribution in [0.25, 0.3) is 10.9 Å². The van der Waals surface area contributed by atoms with E-state index in [4.69, 9.17) is 11.6 Å². The maximum Gasteiger partial charge on any atom is 0.271 e. The highest BCUT2D eigenvalue weighted by atomic mass is 35.5. The molecule has 0 saturated carbocycles. The fourth-order valence-electron chi connectivity index (χ4n) is 2.92. The first-order valence-corrected chi connectivity index (χ1v) is 7.90. The van der Waals surface area contributed by atoms with Crippen molar-refractivity contribution in [3.8, 4) is 0 Å². The van der Waals surface area contributed by atoms with Crippen LogP contribution in [0.2, 0.25) is 5.02 Å². The molecule has 3 rings (SSSR count). The summed E-state index contributed by atoms with van der Waals surface area (Å²) in [5, 5.41) is 10.8. The van der Waals surface area contributed by atoms with Crippen LogP contribution in [0.4, 0.5) is 0 Å². The Morgan fingerprint density at radius 3 is 2.64 bits per heavy atom. The number of β-amino-alcohol motifs (C(OH)–C–C–N with tert-alkyl or cyclic N) is 1. The molecule has 22 heavy (non-hydrogen) atoms. The van der Waals surface area contributed by atoms with Crippen LogP contribution in [-0.4, -0.2) is 64.6 Å². The average Bonchev–Trinajstić information content (AvgIpc) is 2.84. The molecule has 1 aliphatic heterocycles. The number of halogens is 1. The first kappa shape index (κ1) is 15.3. The zero-order chi connectivity index (χ0) is 15.7. The molecular formula is C16H20ClN3O2. The minimum Gasteiger partial charge on any atom is -0.392 e. The molecule has 2 aromatic rings. The predicted molar refractivity (Wildman–Crippen MR) is 87.3 cm³/mol. The number of H-pyrrole nitrogens is 1. The van der Waals surface area contributed by atoms with Crippen LogP contribution in [0, 0.1) is 0 Å². The Bertz CT molecular complexity index is 675. The lowest BCUT2D eigenvalue weighted by atomic mass is 10.2. The summed E-state index contributed by atoms with van der Waals surface area (Å²) in [4.78, 5) is 19.8.